The average Bonchev–Trinajstić information content (AvgIpc) is 2.20. The first kappa shape index (κ1) is 14.7. The van der Waals surface area contributed by atoms with E-state index in [1.54, 1.807) is 0 Å². The van der Waals surface area contributed by atoms with E-state index in [1.807, 2.05) is 0 Å². The minimum absolute atomic E-state index is 0.767. The van der Waals surface area contributed by atoms with Crippen molar-refractivity contribution >= 4 is 0 Å². The van der Waals surface area contributed by atoms with Gasteiger partial charge >= 0.3 is 0 Å². The van der Waals surface area contributed by atoms with Gasteiger partial charge in [-0.15, -0.1) is 0 Å². The van der Waals surface area contributed by atoms with Crippen LogP contribution < -0.4 is 5.32 Å². The van der Waals surface area contributed by atoms with Gasteiger partial charge in [-0.3, -0.25) is 0 Å². The Morgan fingerprint density at radius 3 is 2.40 bits per heavy atom. The van der Waals surface area contributed by atoms with E-state index >= 15 is 0 Å². The van der Waals surface area contributed by atoms with E-state index in [0.717, 1.165) is 19.0 Å². The Bertz CT molecular complexity index is 138. The molecule has 0 spiro atoms. The molecule has 0 unspecified atom stereocenters. The molecule has 0 aliphatic rings. The normalized spacial score (nSPS) is 11.7. The predicted molar refractivity (Wildman–Crippen MR) is 70.2 cm³/mol. The minimum Gasteiger partial charge on any atom is -0.316 e. The molecule has 0 amide bonds. The number of allylic oxidation sites excluding steroid dienone is 1. The molecule has 0 radical (unpaired) electrons. The lowest BCUT2D eigenvalue weighted by atomic mass is 10.1. The van der Waals surface area contributed by atoms with Gasteiger partial charge in [0.25, 0.3) is 0 Å². The van der Waals surface area contributed by atoms with Gasteiger partial charge in [-0.2, -0.15) is 0 Å². The number of unbranched alkanes of at least 4 members (excludes halogenated alkanes) is 4. The summed E-state index contributed by atoms with van der Waals surface area (Å²) in [5, 5.41) is 3.44. The van der Waals surface area contributed by atoms with Crippen LogP contribution in [0.3, 0.4) is 0 Å². The second kappa shape index (κ2) is 11.8. The van der Waals surface area contributed by atoms with Crippen molar-refractivity contribution in [2.45, 2.75) is 59.3 Å². The van der Waals surface area contributed by atoms with Crippen molar-refractivity contribution in [3.05, 3.63) is 12.2 Å². The van der Waals surface area contributed by atoms with Crippen LogP contribution in [-0.2, 0) is 0 Å². The molecular weight excluding hydrogens is 182 g/mol. The number of hydrogen-bond acceptors (Lipinski definition) is 1. The maximum Gasteiger partial charge on any atom is -0.00142 e. The third kappa shape index (κ3) is 13.7. The van der Waals surface area contributed by atoms with Gasteiger partial charge < -0.3 is 5.32 Å². The Labute approximate surface area is 96.3 Å². The Morgan fingerprint density at radius 2 is 1.73 bits per heavy atom. The molecule has 0 saturated carbocycles. The highest BCUT2D eigenvalue weighted by atomic mass is 14.8. The molecule has 1 N–H and O–H groups in total. The zero-order valence-corrected chi connectivity index (χ0v) is 10.9. The van der Waals surface area contributed by atoms with Crippen LogP contribution in [-0.4, -0.2) is 13.1 Å². The van der Waals surface area contributed by atoms with Crippen molar-refractivity contribution < 1.29 is 0 Å². The molecule has 0 aliphatic carbocycles. The summed E-state index contributed by atoms with van der Waals surface area (Å²) in [6.07, 6.45) is 12.6. The molecule has 1 nitrogen and oxygen atoms in total. The highest BCUT2D eigenvalue weighted by molar-refractivity contribution is 4.82. The van der Waals surface area contributed by atoms with Crippen molar-refractivity contribution in [1.29, 1.82) is 0 Å². The van der Waals surface area contributed by atoms with Gasteiger partial charge in [-0.25, -0.2) is 0 Å². The fraction of sp³-hybridized carbons (Fsp3) is 0.857. The van der Waals surface area contributed by atoms with Crippen molar-refractivity contribution in [1.82, 2.24) is 5.32 Å². The fourth-order valence-corrected chi connectivity index (χ4v) is 1.50. The molecule has 15 heavy (non-hydrogen) atoms. The van der Waals surface area contributed by atoms with Gasteiger partial charge in [0.05, 0.1) is 0 Å². The molecule has 0 atom stereocenters. The third-order valence-electron chi connectivity index (χ3n) is 2.43. The molecule has 0 bridgehead atoms. The van der Waals surface area contributed by atoms with Gasteiger partial charge in [0.15, 0.2) is 0 Å². The van der Waals surface area contributed by atoms with Crippen LogP contribution in [0.25, 0.3) is 0 Å². The summed E-state index contributed by atoms with van der Waals surface area (Å²) in [5.74, 6) is 0.767. The largest absolute Gasteiger partial charge is 0.316 e. The Morgan fingerprint density at radius 1 is 1.00 bits per heavy atom. The maximum absolute atomic E-state index is 3.44. The van der Waals surface area contributed by atoms with Crippen LogP contribution in [0.15, 0.2) is 12.2 Å². The van der Waals surface area contributed by atoms with Gasteiger partial charge in [0, 0.05) is 0 Å². The Kier molecular flexibility index (Phi) is 11.5. The number of nitrogens with one attached hydrogen (secondary N) is 1. The standard InChI is InChI=1S/C14H29N/c1-4-5-6-7-8-9-10-11-12-15-13-14(2)3/h9-10,14-15H,4-8,11-13H2,1-3H3. The van der Waals surface area contributed by atoms with E-state index in [9.17, 15) is 0 Å². The summed E-state index contributed by atoms with van der Waals surface area (Å²) in [6.45, 7) is 9.03. The smallest absolute Gasteiger partial charge is 0.00142 e. The molecule has 0 fully saturated rings. The first-order valence-electron chi connectivity index (χ1n) is 6.63. The van der Waals surface area contributed by atoms with E-state index in [2.05, 4.69) is 38.2 Å². The van der Waals surface area contributed by atoms with Crippen LogP contribution in [0, 0.1) is 5.92 Å². The second-order valence-corrected chi connectivity index (χ2v) is 4.71. The lowest BCUT2D eigenvalue weighted by Gasteiger charge is -2.04. The highest BCUT2D eigenvalue weighted by Crippen LogP contribution is 2.02. The van der Waals surface area contributed by atoms with E-state index in [-0.39, 0.29) is 0 Å². The first-order valence-corrected chi connectivity index (χ1v) is 6.63. The Balaban J connectivity index is 3.04. The summed E-state index contributed by atoms with van der Waals surface area (Å²) in [5.41, 5.74) is 0. The quantitative estimate of drug-likeness (QED) is 0.423. The van der Waals surface area contributed by atoms with Crippen LogP contribution in [0.1, 0.15) is 59.3 Å². The molecule has 1 heteroatoms. The van der Waals surface area contributed by atoms with Crippen LogP contribution >= 0.6 is 0 Å². The van der Waals surface area contributed by atoms with E-state index in [4.69, 9.17) is 0 Å². The van der Waals surface area contributed by atoms with Crippen LogP contribution in [0.2, 0.25) is 0 Å². The van der Waals surface area contributed by atoms with Gasteiger partial charge in [0.1, 0.15) is 0 Å². The molecular formula is C14H29N. The molecule has 0 heterocycles. The number of rotatable bonds is 10. The Hall–Kier alpha value is -0.300. The lowest BCUT2D eigenvalue weighted by molar-refractivity contribution is 0.556. The molecule has 0 aliphatic heterocycles. The second-order valence-electron chi connectivity index (χ2n) is 4.71. The topological polar surface area (TPSA) is 12.0 Å². The van der Waals surface area contributed by atoms with E-state index in [1.165, 1.54) is 38.5 Å². The zero-order valence-electron chi connectivity index (χ0n) is 10.9. The highest BCUT2D eigenvalue weighted by Gasteiger charge is 1.90. The SMILES string of the molecule is CCCCCCC=CCCNCC(C)C. The molecule has 0 aromatic carbocycles. The fourth-order valence-electron chi connectivity index (χ4n) is 1.50. The van der Waals surface area contributed by atoms with Gasteiger partial charge in [0.2, 0.25) is 0 Å². The molecule has 0 aromatic heterocycles. The summed E-state index contributed by atoms with van der Waals surface area (Å²) in [4.78, 5) is 0. The predicted octanol–water partition coefficient (Wildman–Crippen LogP) is 4.15. The van der Waals surface area contributed by atoms with Crippen LogP contribution in [0.5, 0.6) is 0 Å². The lowest BCUT2D eigenvalue weighted by Crippen LogP contribution is -2.20. The summed E-state index contributed by atoms with van der Waals surface area (Å²) in [7, 11) is 0. The summed E-state index contributed by atoms with van der Waals surface area (Å²) < 4.78 is 0. The molecule has 0 rings (SSSR count). The average molecular weight is 211 g/mol. The zero-order chi connectivity index (χ0) is 11.4. The van der Waals surface area contributed by atoms with E-state index in [0.29, 0.717) is 0 Å². The van der Waals surface area contributed by atoms with Crippen molar-refractivity contribution in [3.8, 4) is 0 Å². The third-order valence-corrected chi connectivity index (χ3v) is 2.43. The maximum atomic E-state index is 3.44. The van der Waals surface area contributed by atoms with Crippen molar-refractivity contribution in [2.24, 2.45) is 5.92 Å². The summed E-state index contributed by atoms with van der Waals surface area (Å²) in [6, 6.07) is 0. The first-order chi connectivity index (χ1) is 7.27. The van der Waals surface area contributed by atoms with Gasteiger partial charge in [-0.1, -0.05) is 52.2 Å². The van der Waals surface area contributed by atoms with Crippen LogP contribution in [0.4, 0.5) is 0 Å². The molecule has 0 aromatic rings. The van der Waals surface area contributed by atoms with Crippen molar-refractivity contribution in [2.75, 3.05) is 13.1 Å². The van der Waals surface area contributed by atoms with Gasteiger partial charge in [-0.05, 0) is 38.3 Å². The monoisotopic (exact) mass is 211 g/mol. The molecule has 90 valence electrons. The van der Waals surface area contributed by atoms with E-state index < -0.39 is 0 Å². The summed E-state index contributed by atoms with van der Waals surface area (Å²) >= 11 is 0. The molecule has 0 saturated heterocycles. The van der Waals surface area contributed by atoms with Crippen molar-refractivity contribution in [3.63, 3.8) is 0 Å². The minimum atomic E-state index is 0.767. The number of hydrogen-bond donors (Lipinski definition) is 1.